The van der Waals surface area contributed by atoms with E-state index in [9.17, 15) is 9.59 Å². The molecule has 0 radical (unpaired) electrons. The van der Waals surface area contributed by atoms with Gasteiger partial charge in [0, 0.05) is 25.2 Å². The highest BCUT2D eigenvalue weighted by Crippen LogP contribution is 2.32. The Morgan fingerprint density at radius 2 is 2.00 bits per heavy atom. The summed E-state index contributed by atoms with van der Waals surface area (Å²) in [5.74, 6) is 0.641. The summed E-state index contributed by atoms with van der Waals surface area (Å²) in [6.45, 7) is 3.14. The average molecular weight is 336 g/mol. The molecule has 0 saturated heterocycles. The lowest BCUT2D eigenvalue weighted by molar-refractivity contribution is -0.121. The van der Waals surface area contributed by atoms with Crippen molar-refractivity contribution in [2.45, 2.75) is 19.8 Å². The van der Waals surface area contributed by atoms with Crippen LogP contribution in [0.2, 0.25) is 0 Å². The standard InChI is InChI=1S/C20H20N2O3/c1-14-6-7-15-8-10-22(17(15)12-14)19(23)9-11-21-16-4-2-3-5-18(16)25-13-20(21)24/h2-7,12H,8-11,13H2,1H3. The summed E-state index contributed by atoms with van der Waals surface area (Å²) in [6, 6.07) is 13.7. The van der Waals surface area contributed by atoms with Crippen molar-refractivity contribution >= 4 is 23.2 Å². The van der Waals surface area contributed by atoms with Crippen LogP contribution in [-0.2, 0) is 16.0 Å². The molecule has 0 N–H and O–H groups in total. The highest BCUT2D eigenvalue weighted by molar-refractivity contribution is 6.00. The maximum atomic E-state index is 12.7. The fourth-order valence-electron chi connectivity index (χ4n) is 3.49. The number of aryl methyl sites for hydroxylation is 1. The van der Waals surface area contributed by atoms with E-state index in [1.54, 1.807) is 4.90 Å². The van der Waals surface area contributed by atoms with Gasteiger partial charge >= 0.3 is 0 Å². The fourth-order valence-corrected chi connectivity index (χ4v) is 3.49. The quantitative estimate of drug-likeness (QED) is 0.866. The molecule has 0 unspecified atom stereocenters. The van der Waals surface area contributed by atoms with E-state index < -0.39 is 0 Å². The van der Waals surface area contributed by atoms with Crippen molar-refractivity contribution in [3.05, 3.63) is 53.6 Å². The van der Waals surface area contributed by atoms with E-state index in [1.807, 2.05) is 36.1 Å². The number of hydrogen-bond donors (Lipinski definition) is 0. The van der Waals surface area contributed by atoms with Gasteiger partial charge in [-0.3, -0.25) is 9.59 Å². The molecule has 0 spiro atoms. The minimum atomic E-state index is -0.107. The zero-order valence-electron chi connectivity index (χ0n) is 14.2. The largest absolute Gasteiger partial charge is 0.482 e. The normalized spacial score (nSPS) is 15.6. The second kappa shape index (κ2) is 6.24. The van der Waals surface area contributed by atoms with Crippen LogP contribution in [0, 0.1) is 6.92 Å². The molecular weight excluding hydrogens is 316 g/mol. The number of fused-ring (bicyclic) bond motifs is 2. The number of nitrogens with zero attached hydrogens (tertiary/aromatic N) is 2. The van der Waals surface area contributed by atoms with E-state index in [0.717, 1.165) is 23.4 Å². The van der Waals surface area contributed by atoms with Gasteiger partial charge in [0.1, 0.15) is 5.75 Å². The Morgan fingerprint density at radius 3 is 2.88 bits per heavy atom. The number of hydrogen-bond acceptors (Lipinski definition) is 3. The molecule has 0 fully saturated rings. The van der Waals surface area contributed by atoms with Crippen molar-refractivity contribution < 1.29 is 14.3 Å². The van der Waals surface area contributed by atoms with Gasteiger partial charge in [-0.1, -0.05) is 24.3 Å². The van der Waals surface area contributed by atoms with Crippen LogP contribution in [0.4, 0.5) is 11.4 Å². The van der Waals surface area contributed by atoms with Crippen LogP contribution in [0.25, 0.3) is 0 Å². The molecule has 0 atom stereocenters. The van der Waals surface area contributed by atoms with Gasteiger partial charge in [0.05, 0.1) is 5.69 Å². The Hall–Kier alpha value is -2.82. The van der Waals surface area contributed by atoms with Gasteiger partial charge in [0.25, 0.3) is 5.91 Å². The zero-order chi connectivity index (χ0) is 17.4. The van der Waals surface area contributed by atoms with Crippen LogP contribution in [0.5, 0.6) is 5.75 Å². The lowest BCUT2D eigenvalue weighted by Crippen LogP contribution is -2.41. The number of para-hydroxylation sites is 2. The highest BCUT2D eigenvalue weighted by Gasteiger charge is 2.28. The van der Waals surface area contributed by atoms with Crippen LogP contribution in [0.3, 0.4) is 0 Å². The maximum absolute atomic E-state index is 12.7. The van der Waals surface area contributed by atoms with Gasteiger partial charge in [-0.2, -0.15) is 0 Å². The molecule has 2 heterocycles. The van der Waals surface area contributed by atoms with Gasteiger partial charge in [-0.15, -0.1) is 0 Å². The van der Waals surface area contributed by atoms with Gasteiger partial charge in [0.2, 0.25) is 5.91 Å². The van der Waals surface area contributed by atoms with E-state index in [1.165, 1.54) is 5.56 Å². The van der Waals surface area contributed by atoms with E-state index >= 15 is 0 Å². The second-order valence-electron chi connectivity index (χ2n) is 6.48. The highest BCUT2D eigenvalue weighted by atomic mass is 16.5. The Labute approximate surface area is 146 Å². The monoisotopic (exact) mass is 336 g/mol. The minimum Gasteiger partial charge on any atom is -0.482 e. The lowest BCUT2D eigenvalue weighted by Gasteiger charge is -2.29. The molecule has 5 heteroatoms. The second-order valence-corrected chi connectivity index (χ2v) is 6.48. The Bertz CT molecular complexity index is 847. The number of ether oxygens (including phenoxy) is 1. The number of benzene rings is 2. The molecule has 2 aliphatic heterocycles. The first-order valence-electron chi connectivity index (χ1n) is 8.55. The maximum Gasteiger partial charge on any atom is 0.265 e. The van der Waals surface area contributed by atoms with Gasteiger partial charge < -0.3 is 14.5 Å². The molecule has 25 heavy (non-hydrogen) atoms. The SMILES string of the molecule is Cc1ccc2c(c1)N(C(=O)CCN1C(=O)COc3ccccc31)CC2. The first-order valence-corrected chi connectivity index (χ1v) is 8.55. The summed E-state index contributed by atoms with van der Waals surface area (Å²) < 4.78 is 5.45. The third kappa shape index (κ3) is 2.86. The first kappa shape index (κ1) is 15.7. The summed E-state index contributed by atoms with van der Waals surface area (Å²) in [4.78, 5) is 28.5. The Balaban J connectivity index is 1.49. The summed E-state index contributed by atoms with van der Waals surface area (Å²) in [6.07, 6.45) is 1.19. The molecular formula is C20H20N2O3. The Kier molecular flexibility index (Phi) is 3.92. The molecule has 4 rings (SSSR count). The summed E-state index contributed by atoms with van der Waals surface area (Å²) in [7, 11) is 0. The number of carbonyl (C=O) groups excluding carboxylic acids is 2. The van der Waals surface area contributed by atoms with Crippen molar-refractivity contribution in [1.82, 2.24) is 0 Å². The van der Waals surface area contributed by atoms with Crippen molar-refractivity contribution in [3.63, 3.8) is 0 Å². The lowest BCUT2D eigenvalue weighted by atomic mass is 10.1. The number of anilines is 2. The molecule has 0 saturated carbocycles. The van der Waals surface area contributed by atoms with Gasteiger partial charge in [-0.25, -0.2) is 0 Å². The van der Waals surface area contributed by atoms with Crippen LogP contribution in [-0.4, -0.2) is 31.5 Å². The Morgan fingerprint density at radius 1 is 1.16 bits per heavy atom. The summed E-state index contributed by atoms with van der Waals surface area (Å²) in [5, 5.41) is 0. The fraction of sp³-hybridized carbons (Fsp3) is 0.300. The van der Waals surface area contributed by atoms with Crippen LogP contribution >= 0.6 is 0 Å². The van der Waals surface area contributed by atoms with E-state index in [2.05, 4.69) is 18.2 Å². The summed E-state index contributed by atoms with van der Waals surface area (Å²) >= 11 is 0. The molecule has 0 aliphatic carbocycles. The third-order valence-electron chi connectivity index (χ3n) is 4.79. The molecule has 2 aromatic rings. The number of amides is 2. The van der Waals surface area contributed by atoms with Gasteiger partial charge in [0.15, 0.2) is 6.61 Å². The zero-order valence-corrected chi connectivity index (χ0v) is 14.2. The van der Waals surface area contributed by atoms with Crippen LogP contribution in [0.15, 0.2) is 42.5 Å². The predicted molar refractivity (Wildman–Crippen MR) is 96.1 cm³/mol. The number of carbonyl (C=O) groups is 2. The predicted octanol–water partition coefficient (Wildman–Crippen LogP) is 2.70. The van der Waals surface area contributed by atoms with Crippen molar-refractivity contribution in [2.75, 3.05) is 29.5 Å². The van der Waals surface area contributed by atoms with Crippen LogP contribution < -0.4 is 14.5 Å². The molecule has 2 aromatic carbocycles. The van der Waals surface area contributed by atoms with E-state index in [0.29, 0.717) is 25.3 Å². The molecule has 2 aliphatic rings. The topological polar surface area (TPSA) is 49.9 Å². The molecule has 128 valence electrons. The number of rotatable bonds is 3. The van der Waals surface area contributed by atoms with Crippen molar-refractivity contribution in [2.24, 2.45) is 0 Å². The molecule has 5 nitrogen and oxygen atoms in total. The molecule has 2 amide bonds. The average Bonchev–Trinajstić information content (AvgIpc) is 3.03. The van der Waals surface area contributed by atoms with E-state index in [-0.39, 0.29) is 18.4 Å². The third-order valence-corrected chi connectivity index (χ3v) is 4.79. The van der Waals surface area contributed by atoms with E-state index in [4.69, 9.17) is 4.74 Å². The minimum absolute atomic E-state index is 0.0247. The van der Waals surface area contributed by atoms with Crippen molar-refractivity contribution in [1.29, 1.82) is 0 Å². The van der Waals surface area contributed by atoms with Crippen molar-refractivity contribution in [3.8, 4) is 5.75 Å². The first-order chi connectivity index (χ1) is 12.1. The smallest absolute Gasteiger partial charge is 0.265 e. The molecule has 0 bridgehead atoms. The van der Waals surface area contributed by atoms with Crippen LogP contribution in [0.1, 0.15) is 17.5 Å². The van der Waals surface area contributed by atoms with Gasteiger partial charge in [-0.05, 0) is 42.7 Å². The summed E-state index contributed by atoms with van der Waals surface area (Å²) in [5.41, 5.74) is 4.12. The molecule has 0 aromatic heterocycles.